The monoisotopic (exact) mass is 473 g/mol. The van der Waals surface area contributed by atoms with Gasteiger partial charge < -0.3 is 25.4 Å². The second-order valence-corrected chi connectivity index (χ2v) is 9.05. The van der Waals surface area contributed by atoms with Crippen molar-refractivity contribution >= 4 is 17.9 Å². The van der Waals surface area contributed by atoms with E-state index in [-0.39, 0.29) is 12.5 Å². The maximum absolute atomic E-state index is 13.5. The first-order valence-corrected chi connectivity index (χ1v) is 11.8. The van der Waals surface area contributed by atoms with Gasteiger partial charge in [0.25, 0.3) is 0 Å². The summed E-state index contributed by atoms with van der Waals surface area (Å²) >= 11 is 0. The molecule has 0 saturated heterocycles. The van der Waals surface area contributed by atoms with Crippen LogP contribution in [0.25, 0.3) is 0 Å². The van der Waals surface area contributed by atoms with E-state index in [0.717, 1.165) is 19.3 Å². The zero-order chi connectivity index (χ0) is 25.7. The van der Waals surface area contributed by atoms with Crippen molar-refractivity contribution in [3.63, 3.8) is 0 Å². The first-order chi connectivity index (χ1) is 16.1. The van der Waals surface area contributed by atoms with Crippen LogP contribution < -0.4 is 10.6 Å². The van der Waals surface area contributed by atoms with Crippen molar-refractivity contribution in [1.82, 2.24) is 15.5 Å². The normalized spacial score (nSPS) is 12.7. The lowest BCUT2D eigenvalue weighted by Gasteiger charge is -2.34. The third-order valence-corrected chi connectivity index (χ3v) is 4.97. The van der Waals surface area contributed by atoms with Gasteiger partial charge in [0.15, 0.2) is 0 Å². The fraction of sp³-hybridized carbons (Fsp3) is 0.577. The first-order valence-electron chi connectivity index (χ1n) is 11.8. The molecule has 0 fully saturated rings. The fourth-order valence-corrected chi connectivity index (χ4v) is 3.44. The molecule has 0 bridgehead atoms. The number of benzene rings is 1. The van der Waals surface area contributed by atoms with Gasteiger partial charge in [0.1, 0.15) is 17.7 Å². The highest BCUT2D eigenvalue weighted by Crippen LogP contribution is 2.26. The van der Waals surface area contributed by atoms with Gasteiger partial charge in [0.2, 0.25) is 11.8 Å². The summed E-state index contributed by atoms with van der Waals surface area (Å²) in [5.74, 6) is 1.62. The number of ether oxygens (including phenoxy) is 1. The third-order valence-electron chi connectivity index (χ3n) is 4.97. The van der Waals surface area contributed by atoms with Crippen molar-refractivity contribution < 1.29 is 24.2 Å². The number of amides is 3. The summed E-state index contributed by atoms with van der Waals surface area (Å²) in [5, 5.41) is 15.2. The van der Waals surface area contributed by atoms with Crippen LogP contribution in [0, 0.1) is 12.3 Å². The lowest BCUT2D eigenvalue weighted by molar-refractivity contribution is -0.143. The summed E-state index contributed by atoms with van der Waals surface area (Å²) in [6.45, 7) is 9.07. The van der Waals surface area contributed by atoms with Gasteiger partial charge in [0.05, 0.1) is 6.61 Å². The highest BCUT2D eigenvalue weighted by molar-refractivity contribution is 5.92. The van der Waals surface area contributed by atoms with Gasteiger partial charge in [-0.15, -0.1) is 6.42 Å². The number of unbranched alkanes of at least 4 members (excludes halogenated alkanes) is 2. The molecule has 1 rings (SSSR count). The average molecular weight is 474 g/mol. The van der Waals surface area contributed by atoms with Crippen molar-refractivity contribution in [2.24, 2.45) is 0 Å². The van der Waals surface area contributed by atoms with Crippen LogP contribution in [0.3, 0.4) is 0 Å². The molecule has 0 spiro atoms. The molecular weight excluding hydrogens is 434 g/mol. The molecule has 188 valence electrons. The smallest absolute Gasteiger partial charge is 0.408 e. The maximum Gasteiger partial charge on any atom is 0.408 e. The Hall–Kier alpha value is -3.05. The average Bonchev–Trinajstić information content (AvgIpc) is 2.78. The van der Waals surface area contributed by atoms with Crippen LogP contribution in [-0.2, 0) is 14.3 Å². The molecule has 0 aliphatic carbocycles. The van der Waals surface area contributed by atoms with Crippen LogP contribution in [0.15, 0.2) is 24.3 Å². The summed E-state index contributed by atoms with van der Waals surface area (Å²) in [4.78, 5) is 40.5. The number of carbonyl (C=O) groups is 3. The molecular formula is C26H39N3O5. The van der Waals surface area contributed by atoms with E-state index in [4.69, 9.17) is 11.2 Å². The van der Waals surface area contributed by atoms with Gasteiger partial charge in [-0.1, -0.05) is 50.8 Å². The zero-order valence-corrected chi connectivity index (χ0v) is 21.0. The number of aliphatic hydroxyl groups excluding tert-OH is 1. The number of hydrogen-bond donors (Lipinski definition) is 3. The lowest BCUT2D eigenvalue weighted by atomic mass is 9.97. The van der Waals surface area contributed by atoms with E-state index in [1.165, 1.54) is 4.90 Å². The molecule has 0 saturated carbocycles. The highest BCUT2D eigenvalue weighted by atomic mass is 16.6. The van der Waals surface area contributed by atoms with E-state index in [1.54, 1.807) is 45.0 Å². The number of alkyl carbamates (subject to hydrolysis) is 1. The highest BCUT2D eigenvalue weighted by Gasteiger charge is 2.36. The zero-order valence-electron chi connectivity index (χ0n) is 21.0. The summed E-state index contributed by atoms with van der Waals surface area (Å²) < 4.78 is 5.23. The molecule has 0 heterocycles. The first kappa shape index (κ1) is 29.0. The van der Waals surface area contributed by atoms with Crippen molar-refractivity contribution in [1.29, 1.82) is 0 Å². The van der Waals surface area contributed by atoms with E-state index >= 15 is 0 Å². The van der Waals surface area contributed by atoms with E-state index in [9.17, 15) is 19.5 Å². The molecule has 0 aliphatic heterocycles. The Bertz CT molecular complexity index is 857. The Morgan fingerprint density at radius 2 is 1.82 bits per heavy atom. The van der Waals surface area contributed by atoms with Crippen molar-refractivity contribution in [2.75, 3.05) is 19.7 Å². The molecule has 0 aromatic heterocycles. The molecule has 2 atom stereocenters. The maximum atomic E-state index is 13.5. The van der Waals surface area contributed by atoms with Gasteiger partial charge in [-0.3, -0.25) is 9.59 Å². The molecule has 8 heteroatoms. The summed E-state index contributed by atoms with van der Waals surface area (Å²) in [7, 11) is 0. The number of nitrogens with zero attached hydrogens (tertiary/aromatic N) is 1. The largest absolute Gasteiger partial charge is 0.444 e. The Morgan fingerprint density at radius 1 is 1.15 bits per heavy atom. The SMILES string of the molecule is C#Cc1ccccc1C(C(=O)NCCCCC)N(CCC)C(=O)C(CO)NC(=O)OC(C)(C)C. The summed E-state index contributed by atoms with van der Waals surface area (Å²) in [5.41, 5.74) is 0.225. The molecule has 34 heavy (non-hydrogen) atoms. The van der Waals surface area contributed by atoms with Crippen molar-refractivity contribution in [3.8, 4) is 12.3 Å². The second kappa shape index (κ2) is 14.3. The van der Waals surface area contributed by atoms with E-state index in [0.29, 0.717) is 24.1 Å². The molecule has 3 N–H and O–H groups in total. The minimum absolute atomic E-state index is 0.220. The van der Waals surface area contributed by atoms with Crippen molar-refractivity contribution in [3.05, 3.63) is 35.4 Å². The topological polar surface area (TPSA) is 108 Å². The fourth-order valence-electron chi connectivity index (χ4n) is 3.44. The summed E-state index contributed by atoms with van der Waals surface area (Å²) in [6.07, 6.45) is 8.20. The Morgan fingerprint density at radius 3 is 2.38 bits per heavy atom. The number of terminal acetylenes is 1. The Kier molecular flexibility index (Phi) is 12.2. The minimum Gasteiger partial charge on any atom is -0.444 e. The van der Waals surface area contributed by atoms with Gasteiger partial charge in [-0.2, -0.15) is 0 Å². The van der Waals surface area contributed by atoms with Gasteiger partial charge in [-0.05, 0) is 45.2 Å². The molecule has 1 aromatic rings. The van der Waals surface area contributed by atoms with Crippen LogP contribution in [0.1, 0.15) is 77.5 Å². The lowest BCUT2D eigenvalue weighted by Crippen LogP contribution is -2.54. The predicted molar refractivity (Wildman–Crippen MR) is 132 cm³/mol. The van der Waals surface area contributed by atoms with Crippen LogP contribution in [0.2, 0.25) is 0 Å². The molecule has 2 unspecified atom stereocenters. The van der Waals surface area contributed by atoms with E-state index < -0.39 is 36.3 Å². The number of hydrogen-bond acceptors (Lipinski definition) is 5. The number of rotatable bonds is 12. The third kappa shape index (κ3) is 9.06. The quantitative estimate of drug-likeness (QED) is 0.319. The predicted octanol–water partition coefficient (Wildman–Crippen LogP) is 3.14. The van der Waals surface area contributed by atoms with Gasteiger partial charge in [0, 0.05) is 18.7 Å². The minimum atomic E-state index is -1.28. The van der Waals surface area contributed by atoms with E-state index in [2.05, 4.69) is 23.5 Å². The van der Waals surface area contributed by atoms with Crippen LogP contribution >= 0.6 is 0 Å². The number of nitrogens with one attached hydrogen (secondary N) is 2. The number of aliphatic hydroxyl groups is 1. The second-order valence-electron chi connectivity index (χ2n) is 9.05. The van der Waals surface area contributed by atoms with Crippen LogP contribution in [0.5, 0.6) is 0 Å². The van der Waals surface area contributed by atoms with Crippen LogP contribution in [0.4, 0.5) is 4.79 Å². The van der Waals surface area contributed by atoms with Gasteiger partial charge in [-0.25, -0.2) is 4.79 Å². The van der Waals surface area contributed by atoms with Crippen molar-refractivity contribution in [2.45, 2.75) is 78.0 Å². The Balaban J connectivity index is 3.33. The summed E-state index contributed by atoms with van der Waals surface area (Å²) in [6, 6.07) is 4.65. The standard InChI is InChI=1S/C26H39N3O5/c1-7-10-13-16-27-23(31)22(20-15-12-11-14-19(20)9-3)29(17-8-2)24(32)21(18-30)28-25(33)34-26(4,5)6/h3,11-12,14-15,21-22,30H,7-8,10,13,16-18H2,1-2,4-6H3,(H,27,31)(H,28,33). The molecule has 8 nitrogen and oxygen atoms in total. The van der Waals surface area contributed by atoms with E-state index in [1.807, 2.05) is 6.92 Å². The van der Waals surface area contributed by atoms with Crippen LogP contribution in [-0.4, -0.2) is 59.3 Å². The Labute approximate surface area is 203 Å². The molecule has 3 amide bonds. The molecule has 0 aliphatic rings. The van der Waals surface area contributed by atoms with Gasteiger partial charge >= 0.3 is 6.09 Å². The number of carbonyl (C=O) groups excluding carboxylic acids is 3. The molecule has 0 radical (unpaired) electrons. The molecule has 1 aromatic carbocycles.